The van der Waals surface area contributed by atoms with Crippen LogP contribution in [0.1, 0.15) is 28.8 Å². The average Bonchev–Trinajstić information content (AvgIpc) is 2.48. The summed E-state index contributed by atoms with van der Waals surface area (Å²) < 4.78 is 5.30. The summed E-state index contributed by atoms with van der Waals surface area (Å²) in [6, 6.07) is 16.2. The van der Waals surface area contributed by atoms with Gasteiger partial charge in [0.2, 0.25) is 0 Å². The van der Waals surface area contributed by atoms with Gasteiger partial charge in [-0.2, -0.15) is 0 Å². The Balaban J connectivity index is 1.99. The van der Waals surface area contributed by atoms with Crippen molar-refractivity contribution in [2.24, 2.45) is 5.92 Å². The highest BCUT2D eigenvalue weighted by Gasteiger charge is 2.40. The van der Waals surface area contributed by atoms with Crippen LogP contribution in [-0.4, -0.2) is 11.8 Å². The molecule has 0 saturated carbocycles. The van der Waals surface area contributed by atoms with Gasteiger partial charge in [0.05, 0.1) is 0 Å². The Morgan fingerprint density at radius 3 is 2.40 bits per heavy atom. The molecule has 20 heavy (non-hydrogen) atoms. The number of carbonyl (C=O) groups excluding carboxylic acids is 2. The lowest BCUT2D eigenvalue weighted by molar-refractivity contribution is -0.139. The first-order valence-electron chi connectivity index (χ1n) is 6.58. The monoisotopic (exact) mass is 266 g/mol. The van der Waals surface area contributed by atoms with Crippen molar-refractivity contribution in [3.05, 3.63) is 65.7 Å². The summed E-state index contributed by atoms with van der Waals surface area (Å²) in [5.74, 6) is -1.04. The minimum Gasteiger partial charge on any atom is -0.426 e. The molecular formula is C17H14O3. The number of ketones is 1. The van der Waals surface area contributed by atoms with E-state index in [1.807, 2.05) is 31.2 Å². The summed E-state index contributed by atoms with van der Waals surface area (Å²) >= 11 is 0. The number of benzene rings is 2. The van der Waals surface area contributed by atoms with E-state index in [1.54, 1.807) is 30.3 Å². The summed E-state index contributed by atoms with van der Waals surface area (Å²) in [6.07, 6.45) is 0. The maximum absolute atomic E-state index is 12.5. The van der Waals surface area contributed by atoms with Gasteiger partial charge in [0.15, 0.2) is 5.78 Å². The standard InChI is InChI=1S/C17H14O3/c1-11-13-9-5-6-10-14(13)20-17(19)15(11)16(18)12-7-3-2-4-8-12/h2-11,15H,1H3/t11-,15-/m0/s1. The van der Waals surface area contributed by atoms with Gasteiger partial charge in [0, 0.05) is 11.5 Å². The van der Waals surface area contributed by atoms with Crippen molar-refractivity contribution < 1.29 is 14.3 Å². The highest BCUT2D eigenvalue weighted by atomic mass is 16.5. The van der Waals surface area contributed by atoms with Crippen molar-refractivity contribution in [3.8, 4) is 5.75 Å². The predicted octanol–water partition coefficient (Wildman–Crippen LogP) is 3.21. The average molecular weight is 266 g/mol. The second-order valence-electron chi connectivity index (χ2n) is 4.96. The molecular weight excluding hydrogens is 252 g/mol. The molecule has 3 nitrogen and oxygen atoms in total. The third-order valence-corrected chi connectivity index (χ3v) is 3.71. The van der Waals surface area contributed by atoms with Gasteiger partial charge in [0.25, 0.3) is 0 Å². The van der Waals surface area contributed by atoms with Gasteiger partial charge >= 0.3 is 5.97 Å². The van der Waals surface area contributed by atoms with Gasteiger partial charge < -0.3 is 4.74 Å². The van der Waals surface area contributed by atoms with Gasteiger partial charge in [-0.1, -0.05) is 55.5 Å². The fourth-order valence-corrected chi connectivity index (χ4v) is 2.62. The largest absolute Gasteiger partial charge is 0.426 e. The minimum absolute atomic E-state index is 0.180. The lowest BCUT2D eigenvalue weighted by Gasteiger charge is -2.28. The van der Waals surface area contributed by atoms with E-state index in [4.69, 9.17) is 4.74 Å². The zero-order chi connectivity index (χ0) is 14.1. The Bertz CT molecular complexity index is 661. The molecule has 0 aromatic heterocycles. The normalized spacial score (nSPS) is 20.9. The van der Waals surface area contributed by atoms with Gasteiger partial charge in [-0.15, -0.1) is 0 Å². The highest BCUT2D eigenvalue weighted by molar-refractivity contribution is 6.10. The van der Waals surface area contributed by atoms with E-state index >= 15 is 0 Å². The number of hydrogen-bond donors (Lipinski definition) is 0. The Labute approximate surface area is 117 Å². The van der Waals surface area contributed by atoms with Crippen LogP contribution < -0.4 is 4.74 Å². The van der Waals surface area contributed by atoms with E-state index in [9.17, 15) is 9.59 Å². The lowest BCUT2D eigenvalue weighted by Crippen LogP contribution is -2.36. The van der Waals surface area contributed by atoms with Crippen molar-refractivity contribution in [1.82, 2.24) is 0 Å². The van der Waals surface area contributed by atoms with Crippen molar-refractivity contribution in [1.29, 1.82) is 0 Å². The lowest BCUT2D eigenvalue weighted by atomic mass is 9.80. The van der Waals surface area contributed by atoms with Crippen molar-refractivity contribution in [2.45, 2.75) is 12.8 Å². The third kappa shape index (κ3) is 2.01. The molecule has 1 aliphatic heterocycles. The summed E-state index contributed by atoms with van der Waals surface area (Å²) in [6.45, 7) is 1.89. The van der Waals surface area contributed by atoms with Gasteiger partial charge in [0.1, 0.15) is 11.7 Å². The molecule has 0 spiro atoms. The van der Waals surface area contributed by atoms with Crippen molar-refractivity contribution >= 4 is 11.8 Å². The predicted molar refractivity (Wildman–Crippen MR) is 74.8 cm³/mol. The number of Topliss-reactive ketones (excluding diaryl/α,β-unsaturated/α-hetero) is 1. The second kappa shape index (κ2) is 4.93. The fraction of sp³-hybridized carbons (Fsp3) is 0.176. The summed E-state index contributed by atoms with van der Waals surface area (Å²) in [5, 5.41) is 0. The Morgan fingerprint density at radius 2 is 1.65 bits per heavy atom. The van der Waals surface area contributed by atoms with Crippen molar-refractivity contribution in [3.63, 3.8) is 0 Å². The van der Waals surface area contributed by atoms with Crippen LogP contribution in [0.2, 0.25) is 0 Å². The molecule has 0 N–H and O–H groups in total. The first-order chi connectivity index (χ1) is 9.68. The number of para-hydroxylation sites is 1. The third-order valence-electron chi connectivity index (χ3n) is 3.71. The van der Waals surface area contributed by atoms with Crippen LogP contribution in [0, 0.1) is 5.92 Å². The zero-order valence-electron chi connectivity index (χ0n) is 11.1. The van der Waals surface area contributed by atoms with E-state index < -0.39 is 11.9 Å². The Kier molecular flexibility index (Phi) is 3.11. The van der Waals surface area contributed by atoms with E-state index in [0.29, 0.717) is 11.3 Å². The molecule has 0 amide bonds. The summed E-state index contributed by atoms with van der Waals surface area (Å²) in [4.78, 5) is 24.7. The molecule has 0 unspecified atom stereocenters. The van der Waals surface area contributed by atoms with Crippen LogP contribution in [0.4, 0.5) is 0 Å². The molecule has 100 valence electrons. The van der Waals surface area contributed by atoms with E-state index in [0.717, 1.165) is 5.56 Å². The molecule has 0 radical (unpaired) electrons. The smallest absolute Gasteiger partial charge is 0.322 e. The molecule has 1 aliphatic rings. The maximum atomic E-state index is 12.5. The molecule has 2 aromatic carbocycles. The van der Waals surface area contributed by atoms with Crippen LogP contribution in [0.3, 0.4) is 0 Å². The Hall–Kier alpha value is -2.42. The molecule has 2 aromatic rings. The van der Waals surface area contributed by atoms with E-state index in [2.05, 4.69) is 0 Å². The summed E-state index contributed by atoms with van der Waals surface area (Å²) in [5.41, 5.74) is 1.45. The number of ether oxygens (including phenoxy) is 1. The van der Waals surface area contributed by atoms with Crippen LogP contribution in [0.5, 0.6) is 5.75 Å². The molecule has 0 aliphatic carbocycles. The van der Waals surface area contributed by atoms with Gasteiger partial charge in [-0.25, -0.2) is 0 Å². The SMILES string of the molecule is C[C@H]1c2ccccc2OC(=O)[C@@H]1C(=O)c1ccccc1. The molecule has 3 rings (SSSR count). The topological polar surface area (TPSA) is 43.4 Å². The number of hydrogen-bond acceptors (Lipinski definition) is 3. The molecule has 0 fully saturated rings. The van der Waals surface area contributed by atoms with Gasteiger partial charge in [-0.3, -0.25) is 9.59 Å². The molecule has 1 heterocycles. The van der Waals surface area contributed by atoms with Gasteiger partial charge in [-0.05, 0) is 11.6 Å². The molecule has 3 heteroatoms. The summed E-state index contributed by atoms with van der Waals surface area (Å²) in [7, 11) is 0. The fourth-order valence-electron chi connectivity index (χ4n) is 2.62. The number of rotatable bonds is 2. The van der Waals surface area contributed by atoms with Crippen LogP contribution in [0.25, 0.3) is 0 Å². The van der Waals surface area contributed by atoms with E-state index in [1.165, 1.54) is 0 Å². The van der Waals surface area contributed by atoms with Crippen molar-refractivity contribution in [2.75, 3.05) is 0 Å². The number of carbonyl (C=O) groups is 2. The molecule has 0 saturated heterocycles. The van der Waals surface area contributed by atoms with E-state index in [-0.39, 0.29) is 11.7 Å². The molecule has 0 bridgehead atoms. The van der Waals surface area contributed by atoms with Crippen LogP contribution in [-0.2, 0) is 4.79 Å². The minimum atomic E-state index is -0.771. The number of esters is 1. The van der Waals surface area contributed by atoms with Crippen LogP contribution >= 0.6 is 0 Å². The quantitative estimate of drug-likeness (QED) is 0.363. The number of fused-ring (bicyclic) bond motifs is 1. The molecule has 2 atom stereocenters. The second-order valence-corrected chi connectivity index (χ2v) is 4.96. The highest BCUT2D eigenvalue weighted by Crippen LogP contribution is 2.38. The zero-order valence-corrected chi connectivity index (χ0v) is 11.1. The first kappa shape index (κ1) is 12.6. The first-order valence-corrected chi connectivity index (χ1v) is 6.58. The maximum Gasteiger partial charge on any atom is 0.322 e. The van der Waals surface area contributed by atoms with Crippen LogP contribution in [0.15, 0.2) is 54.6 Å². The Morgan fingerprint density at radius 1 is 1.00 bits per heavy atom.